The van der Waals surface area contributed by atoms with Crippen molar-refractivity contribution >= 4 is 36.0 Å². The van der Waals surface area contributed by atoms with E-state index in [1.165, 1.54) is 11.8 Å². The molecule has 0 aromatic heterocycles. The van der Waals surface area contributed by atoms with Gasteiger partial charge in [-0.3, -0.25) is 4.79 Å². The summed E-state index contributed by atoms with van der Waals surface area (Å²) in [4.78, 5) is 22.4. The largest absolute Gasteiger partial charge is 0.480 e. The van der Waals surface area contributed by atoms with E-state index in [-0.39, 0.29) is 24.2 Å². The van der Waals surface area contributed by atoms with Crippen LogP contribution in [-0.2, 0) is 9.59 Å². The number of hydrogen-bond acceptors (Lipinski definition) is 4. The first-order valence-corrected chi connectivity index (χ1v) is 6.27. The average Bonchev–Trinajstić information content (AvgIpc) is 2.69. The van der Waals surface area contributed by atoms with E-state index in [0.29, 0.717) is 12.3 Å². The van der Waals surface area contributed by atoms with Crippen LogP contribution >= 0.6 is 24.2 Å². The Morgan fingerprint density at radius 2 is 2.31 bits per heavy atom. The second kappa shape index (κ2) is 7.76. The molecule has 94 valence electrons. The number of carbonyl (C=O) groups is 2. The number of rotatable bonds is 5. The molecule has 1 fully saturated rings. The third-order valence-electron chi connectivity index (χ3n) is 2.38. The van der Waals surface area contributed by atoms with Gasteiger partial charge in [0.05, 0.1) is 5.92 Å². The summed E-state index contributed by atoms with van der Waals surface area (Å²) in [5.41, 5.74) is 0. The molecule has 1 heterocycles. The molecule has 0 radical (unpaired) electrons. The van der Waals surface area contributed by atoms with Crippen LogP contribution in [0.5, 0.6) is 0 Å². The Hall–Kier alpha value is -0.460. The highest BCUT2D eigenvalue weighted by Crippen LogP contribution is 2.08. The lowest BCUT2D eigenvalue weighted by Gasteiger charge is -2.15. The average molecular weight is 269 g/mol. The predicted octanol–water partition coefficient (Wildman–Crippen LogP) is -0.0499. The molecule has 3 N–H and O–H groups in total. The summed E-state index contributed by atoms with van der Waals surface area (Å²) >= 11 is 1.41. The normalized spacial score (nSPS) is 20.9. The van der Waals surface area contributed by atoms with Crippen LogP contribution in [0.3, 0.4) is 0 Å². The highest BCUT2D eigenvalue weighted by atomic mass is 35.5. The van der Waals surface area contributed by atoms with Crippen molar-refractivity contribution in [3.8, 4) is 0 Å². The van der Waals surface area contributed by atoms with Gasteiger partial charge in [0.1, 0.15) is 6.04 Å². The number of carboxylic acids is 1. The van der Waals surface area contributed by atoms with E-state index in [2.05, 4.69) is 10.6 Å². The van der Waals surface area contributed by atoms with Gasteiger partial charge in [0, 0.05) is 12.3 Å². The summed E-state index contributed by atoms with van der Waals surface area (Å²) in [6.45, 7) is 1.48. The van der Waals surface area contributed by atoms with Crippen LogP contribution in [0.4, 0.5) is 0 Å². The van der Waals surface area contributed by atoms with Crippen molar-refractivity contribution in [1.29, 1.82) is 0 Å². The van der Waals surface area contributed by atoms with Crippen LogP contribution in [0.25, 0.3) is 0 Å². The highest BCUT2D eigenvalue weighted by Gasteiger charge is 2.26. The molecule has 0 bridgehead atoms. The summed E-state index contributed by atoms with van der Waals surface area (Å²) in [5.74, 6) is -0.792. The Kier molecular flexibility index (Phi) is 7.53. The fraction of sp³-hybridized carbons (Fsp3) is 0.778. The van der Waals surface area contributed by atoms with Crippen molar-refractivity contribution in [2.75, 3.05) is 25.1 Å². The Bertz CT molecular complexity index is 247. The molecule has 0 unspecified atom stereocenters. The van der Waals surface area contributed by atoms with Crippen molar-refractivity contribution in [2.45, 2.75) is 12.5 Å². The van der Waals surface area contributed by atoms with Gasteiger partial charge in [0.15, 0.2) is 0 Å². The first kappa shape index (κ1) is 15.5. The van der Waals surface area contributed by atoms with Gasteiger partial charge < -0.3 is 15.7 Å². The fourth-order valence-corrected chi connectivity index (χ4v) is 2.07. The van der Waals surface area contributed by atoms with E-state index in [1.54, 1.807) is 0 Å². The lowest BCUT2D eigenvalue weighted by molar-refractivity contribution is -0.141. The van der Waals surface area contributed by atoms with Gasteiger partial charge in [-0.05, 0) is 19.2 Å². The molecule has 0 aliphatic carbocycles. The van der Waals surface area contributed by atoms with Crippen LogP contribution in [0.2, 0.25) is 0 Å². The van der Waals surface area contributed by atoms with Crippen molar-refractivity contribution in [3.63, 3.8) is 0 Å². The molecule has 0 spiro atoms. The van der Waals surface area contributed by atoms with Crippen LogP contribution < -0.4 is 10.6 Å². The molecule has 0 saturated carbocycles. The number of thioether (sulfide) groups is 1. The summed E-state index contributed by atoms with van der Waals surface area (Å²) in [5, 5.41) is 14.5. The summed E-state index contributed by atoms with van der Waals surface area (Å²) in [6.07, 6.45) is 2.61. The van der Waals surface area contributed by atoms with E-state index >= 15 is 0 Å². The van der Waals surface area contributed by atoms with Crippen LogP contribution in [0, 0.1) is 5.92 Å². The van der Waals surface area contributed by atoms with E-state index in [0.717, 1.165) is 13.0 Å². The Balaban J connectivity index is 0.00000225. The second-order valence-corrected chi connectivity index (χ2v) is 4.46. The number of aliphatic carboxylic acids is 1. The quantitative estimate of drug-likeness (QED) is 0.652. The standard InChI is InChI=1S/C9H16N2O3S.ClH/c1-15-5-7(9(13)14)11-8(12)6-2-3-10-4-6;/h6-7,10H,2-5H2,1H3,(H,11,12)(H,13,14);1H/t6-,7-;/m0./s1. The molecule has 1 rings (SSSR count). The third-order valence-corrected chi connectivity index (χ3v) is 3.05. The molecule has 1 aliphatic rings. The zero-order valence-electron chi connectivity index (χ0n) is 9.06. The maximum Gasteiger partial charge on any atom is 0.327 e. The van der Waals surface area contributed by atoms with Crippen LogP contribution in [-0.4, -0.2) is 48.1 Å². The summed E-state index contributed by atoms with van der Waals surface area (Å²) < 4.78 is 0. The maximum atomic E-state index is 11.6. The topological polar surface area (TPSA) is 78.4 Å². The number of nitrogens with one attached hydrogen (secondary N) is 2. The predicted molar refractivity (Wildman–Crippen MR) is 66.2 cm³/mol. The van der Waals surface area contributed by atoms with E-state index in [4.69, 9.17) is 5.11 Å². The molecule has 2 atom stereocenters. The SMILES string of the molecule is CSC[C@H](NC(=O)[C@H]1CCNC1)C(=O)O.Cl. The van der Waals surface area contributed by atoms with Gasteiger partial charge in [-0.15, -0.1) is 12.4 Å². The molecular weight excluding hydrogens is 252 g/mol. The molecule has 16 heavy (non-hydrogen) atoms. The number of hydrogen-bond donors (Lipinski definition) is 3. The lowest BCUT2D eigenvalue weighted by Crippen LogP contribution is -2.45. The first-order valence-electron chi connectivity index (χ1n) is 4.88. The number of amides is 1. The fourth-order valence-electron chi connectivity index (χ4n) is 1.51. The Labute approximate surface area is 105 Å². The Morgan fingerprint density at radius 3 is 2.75 bits per heavy atom. The number of carboxylic acid groups (broad SMARTS) is 1. The zero-order chi connectivity index (χ0) is 11.3. The van der Waals surface area contributed by atoms with E-state index in [1.807, 2.05) is 6.26 Å². The molecule has 1 aliphatic heterocycles. The van der Waals surface area contributed by atoms with Gasteiger partial charge in [0.25, 0.3) is 0 Å². The van der Waals surface area contributed by atoms with E-state index in [9.17, 15) is 9.59 Å². The van der Waals surface area contributed by atoms with Crippen molar-refractivity contribution in [2.24, 2.45) is 5.92 Å². The summed E-state index contributed by atoms with van der Waals surface area (Å²) in [6, 6.07) is -0.770. The van der Waals surface area contributed by atoms with Crippen LogP contribution in [0.15, 0.2) is 0 Å². The van der Waals surface area contributed by atoms with Crippen molar-refractivity contribution in [1.82, 2.24) is 10.6 Å². The van der Waals surface area contributed by atoms with Crippen LogP contribution in [0.1, 0.15) is 6.42 Å². The molecular formula is C9H17ClN2O3S. The number of halogens is 1. The molecule has 7 heteroatoms. The number of carbonyl (C=O) groups excluding carboxylic acids is 1. The molecule has 0 aromatic carbocycles. The van der Waals surface area contributed by atoms with Gasteiger partial charge in [0.2, 0.25) is 5.91 Å². The van der Waals surface area contributed by atoms with Crippen molar-refractivity contribution < 1.29 is 14.7 Å². The second-order valence-electron chi connectivity index (χ2n) is 3.54. The molecule has 5 nitrogen and oxygen atoms in total. The minimum atomic E-state index is -0.969. The molecule has 1 saturated heterocycles. The minimum Gasteiger partial charge on any atom is -0.480 e. The monoisotopic (exact) mass is 268 g/mol. The third kappa shape index (κ3) is 4.59. The highest BCUT2D eigenvalue weighted by molar-refractivity contribution is 7.98. The first-order chi connectivity index (χ1) is 7.15. The van der Waals surface area contributed by atoms with Gasteiger partial charge >= 0.3 is 5.97 Å². The molecule has 1 amide bonds. The van der Waals surface area contributed by atoms with Gasteiger partial charge in [-0.2, -0.15) is 11.8 Å². The summed E-state index contributed by atoms with van der Waals surface area (Å²) in [7, 11) is 0. The zero-order valence-corrected chi connectivity index (χ0v) is 10.7. The van der Waals surface area contributed by atoms with Crippen molar-refractivity contribution in [3.05, 3.63) is 0 Å². The van der Waals surface area contributed by atoms with Gasteiger partial charge in [-0.1, -0.05) is 0 Å². The molecule has 0 aromatic rings. The minimum absolute atomic E-state index is 0. The lowest BCUT2D eigenvalue weighted by atomic mass is 10.1. The maximum absolute atomic E-state index is 11.6. The van der Waals surface area contributed by atoms with Gasteiger partial charge in [-0.25, -0.2) is 4.79 Å². The Morgan fingerprint density at radius 1 is 1.62 bits per heavy atom. The van der Waals surface area contributed by atoms with E-state index < -0.39 is 12.0 Å². The smallest absolute Gasteiger partial charge is 0.327 e.